The highest BCUT2D eigenvalue weighted by atomic mass is 16.4. The van der Waals surface area contributed by atoms with Crippen molar-refractivity contribution in [2.24, 2.45) is 0 Å². The van der Waals surface area contributed by atoms with Crippen molar-refractivity contribution in [3.05, 3.63) is 0 Å². The van der Waals surface area contributed by atoms with E-state index in [1.165, 1.54) is 11.8 Å². The topological polar surface area (TPSA) is 116 Å². The Morgan fingerprint density at radius 1 is 1.21 bits per heavy atom. The summed E-state index contributed by atoms with van der Waals surface area (Å²) in [6.07, 6.45) is 1.32. The molecule has 0 spiro atoms. The fourth-order valence-corrected chi connectivity index (χ4v) is 1.94. The summed E-state index contributed by atoms with van der Waals surface area (Å²) in [6.45, 7) is 1.15. The zero-order valence-electron chi connectivity index (χ0n) is 10.6. The van der Waals surface area contributed by atoms with Crippen LogP contribution in [0.2, 0.25) is 0 Å². The Bertz CT molecular complexity index is 396. The van der Waals surface area contributed by atoms with Gasteiger partial charge in [-0.05, 0) is 12.8 Å². The smallest absolute Gasteiger partial charge is 0.322 e. The number of nitrogens with zero attached hydrogens (tertiary/aromatic N) is 1. The first kappa shape index (κ1) is 14.9. The molecule has 0 aromatic rings. The van der Waals surface area contributed by atoms with Crippen LogP contribution in [0.4, 0.5) is 0 Å². The summed E-state index contributed by atoms with van der Waals surface area (Å²) in [5, 5.41) is 12.9. The molecular formula is C11H17N3O5. The molecule has 1 aliphatic rings. The fraction of sp³-hybridized carbons (Fsp3) is 0.636. The standard InChI is InChI=1S/C11H17N3O5/c1-7(15)14-4-2-3-8(14)11(19)13-5-9(16)12-6-10(17)18/h8H,2-6H2,1H3,(H,12,16)(H,13,19)(H,17,18)/t8-/m0/s1. The van der Waals surface area contributed by atoms with E-state index in [-0.39, 0.29) is 12.5 Å². The van der Waals surface area contributed by atoms with E-state index in [4.69, 9.17) is 5.11 Å². The van der Waals surface area contributed by atoms with E-state index < -0.39 is 30.4 Å². The number of carbonyl (C=O) groups is 4. The third-order valence-electron chi connectivity index (χ3n) is 2.82. The number of aliphatic carboxylic acids is 1. The van der Waals surface area contributed by atoms with E-state index in [0.29, 0.717) is 13.0 Å². The molecule has 0 aromatic carbocycles. The van der Waals surface area contributed by atoms with E-state index in [1.54, 1.807) is 0 Å². The van der Waals surface area contributed by atoms with Gasteiger partial charge in [0.2, 0.25) is 17.7 Å². The highest BCUT2D eigenvalue weighted by Crippen LogP contribution is 2.17. The third kappa shape index (κ3) is 4.57. The second kappa shape index (κ2) is 6.72. The molecule has 8 heteroatoms. The average Bonchev–Trinajstić information content (AvgIpc) is 2.82. The maximum Gasteiger partial charge on any atom is 0.322 e. The van der Waals surface area contributed by atoms with Gasteiger partial charge in [0.05, 0.1) is 6.54 Å². The lowest BCUT2D eigenvalue weighted by molar-refractivity contribution is -0.138. The summed E-state index contributed by atoms with van der Waals surface area (Å²) >= 11 is 0. The fourth-order valence-electron chi connectivity index (χ4n) is 1.94. The minimum Gasteiger partial charge on any atom is -0.480 e. The van der Waals surface area contributed by atoms with Crippen molar-refractivity contribution in [1.82, 2.24) is 15.5 Å². The van der Waals surface area contributed by atoms with Crippen molar-refractivity contribution < 1.29 is 24.3 Å². The van der Waals surface area contributed by atoms with Crippen molar-refractivity contribution in [2.45, 2.75) is 25.8 Å². The Morgan fingerprint density at radius 2 is 1.89 bits per heavy atom. The zero-order valence-corrected chi connectivity index (χ0v) is 10.6. The molecule has 106 valence electrons. The van der Waals surface area contributed by atoms with Crippen molar-refractivity contribution in [1.29, 1.82) is 0 Å². The Kier molecular flexibility index (Phi) is 5.28. The van der Waals surface area contributed by atoms with Gasteiger partial charge in [0, 0.05) is 13.5 Å². The summed E-state index contributed by atoms with van der Waals surface area (Å²) < 4.78 is 0. The summed E-state index contributed by atoms with van der Waals surface area (Å²) in [5.74, 6) is -2.30. The summed E-state index contributed by atoms with van der Waals surface area (Å²) in [4.78, 5) is 46.0. The molecule has 0 bridgehead atoms. The molecule has 1 fully saturated rings. The highest BCUT2D eigenvalue weighted by Gasteiger charge is 2.32. The first-order valence-corrected chi connectivity index (χ1v) is 5.95. The second-order valence-corrected chi connectivity index (χ2v) is 4.26. The van der Waals surface area contributed by atoms with Gasteiger partial charge < -0.3 is 20.6 Å². The number of hydrogen-bond acceptors (Lipinski definition) is 4. The number of carboxylic acid groups (broad SMARTS) is 1. The Labute approximate surface area is 110 Å². The molecule has 0 unspecified atom stereocenters. The van der Waals surface area contributed by atoms with E-state index >= 15 is 0 Å². The predicted molar refractivity (Wildman–Crippen MR) is 64.1 cm³/mol. The van der Waals surface area contributed by atoms with Crippen LogP contribution in [-0.4, -0.2) is 59.4 Å². The van der Waals surface area contributed by atoms with Gasteiger partial charge in [-0.25, -0.2) is 0 Å². The quantitative estimate of drug-likeness (QED) is 0.552. The molecule has 1 aliphatic heterocycles. The molecular weight excluding hydrogens is 254 g/mol. The van der Waals surface area contributed by atoms with Gasteiger partial charge in [0.15, 0.2) is 0 Å². The molecule has 1 rings (SSSR count). The van der Waals surface area contributed by atoms with Gasteiger partial charge in [-0.2, -0.15) is 0 Å². The first-order valence-electron chi connectivity index (χ1n) is 5.95. The van der Waals surface area contributed by atoms with Crippen molar-refractivity contribution in [2.75, 3.05) is 19.6 Å². The normalized spacial score (nSPS) is 17.9. The Balaban J connectivity index is 2.36. The number of carboxylic acids is 1. The minimum absolute atomic E-state index is 0.173. The van der Waals surface area contributed by atoms with Crippen LogP contribution in [0.25, 0.3) is 0 Å². The van der Waals surface area contributed by atoms with Gasteiger partial charge in [-0.3, -0.25) is 19.2 Å². The van der Waals surface area contributed by atoms with Crippen LogP contribution in [0, 0.1) is 0 Å². The molecule has 19 heavy (non-hydrogen) atoms. The summed E-state index contributed by atoms with van der Waals surface area (Å²) in [5.41, 5.74) is 0. The lowest BCUT2D eigenvalue weighted by Crippen LogP contribution is -2.48. The van der Waals surface area contributed by atoms with Crippen LogP contribution >= 0.6 is 0 Å². The number of hydrogen-bond donors (Lipinski definition) is 3. The van der Waals surface area contributed by atoms with Gasteiger partial charge in [0.1, 0.15) is 12.6 Å². The minimum atomic E-state index is -1.15. The highest BCUT2D eigenvalue weighted by molar-refractivity contribution is 5.91. The van der Waals surface area contributed by atoms with Crippen molar-refractivity contribution in [3.63, 3.8) is 0 Å². The van der Waals surface area contributed by atoms with Gasteiger partial charge in [-0.1, -0.05) is 0 Å². The van der Waals surface area contributed by atoms with Crippen LogP contribution in [0.5, 0.6) is 0 Å². The second-order valence-electron chi connectivity index (χ2n) is 4.26. The van der Waals surface area contributed by atoms with Crippen LogP contribution in [0.1, 0.15) is 19.8 Å². The maximum absolute atomic E-state index is 11.8. The van der Waals surface area contributed by atoms with Crippen LogP contribution in [0.3, 0.4) is 0 Å². The molecule has 0 radical (unpaired) electrons. The number of rotatable bonds is 5. The lowest BCUT2D eigenvalue weighted by atomic mass is 10.2. The number of amides is 3. The Hall–Kier alpha value is -2.12. The molecule has 0 saturated carbocycles. The number of nitrogens with one attached hydrogen (secondary N) is 2. The van der Waals surface area contributed by atoms with Crippen molar-refractivity contribution >= 4 is 23.7 Å². The van der Waals surface area contributed by atoms with Gasteiger partial charge >= 0.3 is 5.97 Å². The molecule has 0 aliphatic carbocycles. The van der Waals surface area contributed by atoms with E-state index in [2.05, 4.69) is 10.6 Å². The van der Waals surface area contributed by atoms with Gasteiger partial charge in [-0.15, -0.1) is 0 Å². The molecule has 1 saturated heterocycles. The lowest BCUT2D eigenvalue weighted by Gasteiger charge is -2.22. The van der Waals surface area contributed by atoms with Crippen LogP contribution in [0.15, 0.2) is 0 Å². The number of carbonyl (C=O) groups excluding carboxylic acids is 3. The Morgan fingerprint density at radius 3 is 2.47 bits per heavy atom. The molecule has 3 amide bonds. The molecule has 8 nitrogen and oxygen atoms in total. The molecule has 3 N–H and O–H groups in total. The van der Waals surface area contributed by atoms with Gasteiger partial charge in [0.25, 0.3) is 0 Å². The van der Waals surface area contributed by atoms with Crippen LogP contribution < -0.4 is 10.6 Å². The van der Waals surface area contributed by atoms with E-state index in [0.717, 1.165) is 6.42 Å². The monoisotopic (exact) mass is 271 g/mol. The largest absolute Gasteiger partial charge is 0.480 e. The van der Waals surface area contributed by atoms with Crippen LogP contribution in [-0.2, 0) is 19.2 Å². The van der Waals surface area contributed by atoms with Crippen molar-refractivity contribution in [3.8, 4) is 0 Å². The predicted octanol–water partition coefficient (Wildman–Crippen LogP) is -1.69. The molecule has 1 atom stereocenters. The van der Waals surface area contributed by atoms with E-state index in [1.807, 2.05) is 0 Å². The average molecular weight is 271 g/mol. The summed E-state index contributed by atoms with van der Waals surface area (Å²) in [7, 11) is 0. The first-order chi connectivity index (χ1) is 8.91. The maximum atomic E-state index is 11.8. The third-order valence-corrected chi connectivity index (χ3v) is 2.82. The summed E-state index contributed by atoms with van der Waals surface area (Å²) in [6, 6.07) is -0.537. The molecule has 0 aromatic heterocycles. The molecule has 1 heterocycles. The zero-order chi connectivity index (χ0) is 14.4. The SMILES string of the molecule is CC(=O)N1CCC[C@H]1C(=O)NCC(=O)NCC(=O)O. The number of likely N-dealkylation sites (tertiary alicyclic amines) is 1. The van der Waals surface area contributed by atoms with E-state index in [9.17, 15) is 19.2 Å².